The zero-order valence-corrected chi connectivity index (χ0v) is 27.3. The fourth-order valence-corrected chi connectivity index (χ4v) is 6.78. The van der Waals surface area contributed by atoms with Gasteiger partial charge in [-0.05, 0) is 70.8 Å². The van der Waals surface area contributed by atoms with Gasteiger partial charge < -0.3 is 9.97 Å². The van der Waals surface area contributed by atoms with Crippen LogP contribution in [-0.2, 0) is 17.1 Å². The molecule has 2 aliphatic rings. The number of rotatable bonds is 4. The van der Waals surface area contributed by atoms with Crippen LogP contribution in [-0.4, -0.2) is 19.9 Å². The van der Waals surface area contributed by atoms with Crippen LogP contribution in [0.25, 0.3) is 79.2 Å². The van der Waals surface area contributed by atoms with Crippen molar-refractivity contribution in [1.29, 1.82) is 0 Å². The summed E-state index contributed by atoms with van der Waals surface area (Å²) in [5, 5.41) is 0. The second-order valence-corrected chi connectivity index (χ2v) is 12.0. The second-order valence-electron chi connectivity index (χ2n) is 12.0. The molecule has 9 rings (SSSR count). The number of aromatic amines is 2. The normalized spacial score (nSPS) is 12.0. The third-order valence-corrected chi connectivity index (χ3v) is 8.89. The zero-order chi connectivity index (χ0) is 31.9. The summed E-state index contributed by atoms with van der Waals surface area (Å²) in [6, 6.07) is 53.0. The molecule has 0 atom stereocenters. The van der Waals surface area contributed by atoms with Gasteiger partial charge in [-0.15, -0.1) is 0 Å². The van der Waals surface area contributed by atoms with E-state index in [0.29, 0.717) is 0 Å². The molecule has 0 unspecified atom stereocenters. The summed E-state index contributed by atoms with van der Waals surface area (Å²) in [7, 11) is 0. The minimum atomic E-state index is 0. The third kappa shape index (κ3) is 5.76. The predicted octanol–water partition coefficient (Wildman–Crippen LogP) is 11.1. The van der Waals surface area contributed by atoms with Crippen LogP contribution >= 0.6 is 0 Å². The van der Waals surface area contributed by atoms with Crippen LogP contribution in [0.5, 0.6) is 0 Å². The van der Waals surface area contributed by atoms with Crippen molar-refractivity contribution in [1.82, 2.24) is 19.9 Å². The maximum atomic E-state index is 5.42. The van der Waals surface area contributed by atoms with Crippen molar-refractivity contribution in [3.63, 3.8) is 0 Å². The van der Waals surface area contributed by atoms with Gasteiger partial charge in [-0.2, -0.15) is 0 Å². The molecule has 0 aliphatic carbocycles. The van der Waals surface area contributed by atoms with Crippen LogP contribution < -0.4 is 0 Å². The van der Waals surface area contributed by atoms with E-state index in [1.807, 2.05) is 0 Å². The van der Waals surface area contributed by atoms with Crippen LogP contribution in [0.15, 0.2) is 152 Å². The van der Waals surface area contributed by atoms with E-state index in [2.05, 4.69) is 180 Å². The van der Waals surface area contributed by atoms with Gasteiger partial charge in [-0.1, -0.05) is 121 Å². The summed E-state index contributed by atoms with van der Waals surface area (Å²) >= 11 is 0. The van der Waals surface area contributed by atoms with Gasteiger partial charge in [-0.3, -0.25) is 0 Å². The van der Waals surface area contributed by atoms with E-state index in [-0.39, 0.29) is 17.1 Å². The third-order valence-electron chi connectivity index (χ3n) is 8.89. The largest absolute Gasteiger partial charge is 1.00 e. The number of aromatic nitrogens is 4. The van der Waals surface area contributed by atoms with Gasteiger partial charge in [0.05, 0.1) is 28.3 Å². The molecule has 8 bridgehead atoms. The Bertz CT molecular complexity index is 2530. The number of hydrogen-bond donors (Lipinski definition) is 2. The van der Waals surface area contributed by atoms with Crippen molar-refractivity contribution >= 4 is 45.9 Å². The van der Waals surface area contributed by atoms with Crippen LogP contribution in [0.3, 0.4) is 0 Å². The quantitative estimate of drug-likeness (QED) is 0.182. The molecule has 0 radical (unpaired) electrons. The van der Waals surface area contributed by atoms with Gasteiger partial charge in [0.25, 0.3) is 0 Å². The smallest absolute Gasteiger partial charge is 0.355 e. The van der Waals surface area contributed by atoms with Gasteiger partial charge in [0.15, 0.2) is 0 Å². The Labute approximate surface area is 295 Å². The standard InChI is InChI=1S/C44H30N4.Cu/c1-5-13-29(14-6-1)38-27-37-26-35-22-21-33(45-35)25-34-23-24-36(46-34)28-39-40(30-15-7-2-8-16-30)41(31-17-9-3-10-18-31)44(48-39)42(43(38)47-37)32-19-11-4-12-20-32;/h1-28,45,48H;/q;+1. The average molecular weight is 678 g/mol. The minimum Gasteiger partial charge on any atom is -0.355 e. The Morgan fingerprint density at radius 3 is 1.49 bits per heavy atom. The van der Waals surface area contributed by atoms with Gasteiger partial charge in [-0.25, -0.2) is 9.97 Å². The molecule has 7 aromatic rings. The molecule has 3 aromatic heterocycles. The number of hydrogen-bond acceptors (Lipinski definition) is 2. The molecule has 4 aromatic carbocycles. The van der Waals surface area contributed by atoms with Crippen molar-refractivity contribution in [3.05, 3.63) is 180 Å². The summed E-state index contributed by atoms with van der Waals surface area (Å²) in [4.78, 5) is 17.9. The van der Waals surface area contributed by atoms with Crippen molar-refractivity contribution in [2.24, 2.45) is 0 Å². The first-order chi connectivity index (χ1) is 23.8. The fourth-order valence-electron chi connectivity index (χ4n) is 6.78. The number of benzene rings is 4. The van der Waals surface area contributed by atoms with E-state index < -0.39 is 0 Å². The van der Waals surface area contributed by atoms with Crippen molar-refractivity contribution in [2.45, 2.75) is 0 Å². The molecule has 0 fully saturated rings. The molecule has 0 saturated carbocycles. The summed E-state index contributed by atoms with van der Waals surface area (Å²) in [6.45, 7) is 0. The van der Waals surface area contributed by atoms with E-state index in [9.17, 15) is 0 Å². The molecule has 5 heterocycles. The molecule has 4 nitrogen and oxygen atoms in total. The minimum absolute atomic E-state index is 0. The average Bonchev–Trinajstić information content (AvgIpc) is 3.94. The Balaban J connectivity index is 0.00000348. The Morgan fingerprint density at radius 1 is 0.408 bits per heavy atom. The van der Waals surface area contributed by atoms with E-state index in [0.717, 1.165) is 89.4 Å². The summed E-state index contributed by atoms with van der Waals surface area (Å²) < 4.78 is 0. The molecule has 2 aliphatic heterocycles. The molecular formula is C44H30CuN4+. The van der Waals surface area contributed by atoms with Crippen molar-refractivity contribution < 1.29 is 17.1 Å². The summed E-state index contributed by atoms with van der Waals surface area (Å²) in [5.74, 6) is 0. The van der Waals surface area contributed by atoms with Crippen LogP contribution in [0.4, 0.5) is 0 Å². The Kier molecular flexibility index (Phi) is 7.98. The first-order valence-electron chi connectivity index (χ1n) is 16.2. The number of nitrogens with zero attached hydrogens (tertiary/aromatic N) is 2. The molecule has 2 N–H and O–H groups in total. The zero-order valence-electron chi connectivity index (χ0n) is 26.4. The molecule has 49 heavy (non-hydrogen) atoms. The molecule has 5 heteroatoms. The van der Waals surface area contributed by atoms with Crippen molar-refractivity contribution in [3.8, 4) is 33.4 Å². The van der Waals surface area contributed by atoms with Gasteiger partial charge in [0.1, 0.15) is 0 Å². The molecule has 0 saturated heterocycles. The van der Waals surface area contributed by atoms with Crippen LogP contribution in [0.1, 0.15) is 28.3 Å². The van der Waals surface area contributed by atoms with Crippen molar-refractivity contribution in [2.75, 3.05) is 0 Å². The topological polar surface area (TPSA) is 57.4 Å². The van der Waals surface area contributed by atoms with E-state index in [4.69, 9.17) is 9.97 Å². The van der Waals surface area contributed by atoms with E-state index in [1.165, 1.54) is 0 Å². The molecule has 0 spiro atoms. The molecule has 0 amide bonds. The second kappa shape index (κ2) is 12.9. The Hall–Kier alpha value is -6.00. The SMILES string of the molecule is C1=Cc2cc3[nH]c(c(-c4ccccc4)c4nc(cc5ccc(cc1n2)[nH]5)C=C4c1ccccc1)c(-c1ccccc1)c3-c1ccccc1.[Cu+]. The summed E-state index contributed by atoms with van der Waals surface area (Å²) in [5.41, 5.74) is 16.3. The summed E-state index contributed by atoms with van der Waals surface area (Å²) in [6.07, 6.45) is 6.35. The monoisotopic (exact) mass is 677 g/mol. The Morgan fingerprint density at radius 2 is 0.898 bits per heavy atom. The number of H-pyrrole nitrogens is 2. The molecule has 236 valence electrons. The van der Waals surface area contributed by atoms with Crippen LogP contribution in [0.2, 0.25) is 0 Å². The molecular weight excluding hydrogens is 648 g/mol. The van der Waals surface area contributed by atoms with E-state index in [1.54, 1.807) is 0 Å². The number of nitrogens with one attached hydrogen (secondary N) is 2. The van der Waals surface area contributed by atoms with Crippen LogP contribution in [0, 0.1) is 0 Å². The number of fused-ring (bicyclic) bond motifs is 8. The van der Waals surface area contributed by atoms with Gasteiger partial charge >= 0.3 is 17.1 Å². The predicted molar refractivity (Wildman–Crippen MR) is 200 cm³/mol. The fraction of sp³-hybridized carbons (Fsp3) is 0. The first kappa shape index (κ1) is 30.3. The van der Waals surface area contributed by atoms with E-state index >= 15 is 0 Å². The maximum Gasteiger partial charge on any atom is 1.00 e. The first-order valence-corrected chi connectivity index (χ1v) is 16.2. The van der Waals surface area contributed by atoms with Gasteiger partial charge in [0.2, 0.25) is 0 Å². The van der Waals surface area contributed by atoms with Gasteiger partial charge in [0, 0.05) is 38.8 Å². The maximum absolute atomic E-state index is 5.42.